The molecule has 0 saturated carbocycles. The fourth-order valence-corrected chi connectivity index (χ4v) is 2.87. The Morgan fingerprint density at radius 2 is 2.00 bits per heavy atom. The second-order valence-electron chi connectivity index (χ2n) is 4.62. The Balaban J connectivity index is 2.17. The van der Waals surface area contributed by atoms with Crippen molar-refractivity contribution < 1.29 is 17.7 Å². The predicted octanol–water partition coefficient (Wildman–Crippen LogP) is 2.15. The van der Waals surface area contributed by atoms with Crippen molar-refractivity contribution in [1.82, 2.24) is 5.16 Å². The zero-order chi connectivity index (χ0) is 16.3. The third-order valence-corrected chi connectivity index (χ3v) is 4.37. The minimum Gasteiger partial charge on any atom is -0.360 e. The molecular weight excluding hydrogens is 374 g/mol. The van der Waals surface area contributed by atoms with Crippen molar-refractivity contribution in [2.75, 3.05) is 22.4 Å². The Labute approximate surface area is 136 Å². The number of carbonyl (C=O) groups is 1. The molecule has 9 heteroatoms. The summed E-state index contributed by atoms with van der Waals surface area (Å²) < 4.78 is 30.5. The van der Waals surface area contributed by atoms with Crippen molar-refractivity contribution in [3.63, 3.8) is 0 Å². The first kappa shape index (κ1) is 16.5. The van der Waals surface area contributed by atoms with Gasteiger partial charge in [-0.1, -0.05) is 21.1 Å². The van der Waals surface area contributed by atoms with E-state index in [9.17, 15) is 13.2 Å². The van der Waals surface area contributed by atoms with Gasteiger partial charge in [0.25, 0.3) is 0 Å². The number of halogens is 1. The number of nitrogens with one attached hydrogen (secondary N) is 1. The second-order valence-corrected chi connectivity index (χ2v) is 7.44. The quantitative estimate of drug-likeness (QED) is 0.848. The van der Waals surface area contributed by atoms with Crippen LogP contribution in [0.5, 0.6) is 0 Å². The van der Waals surface area contributed by atoms with Crippen LogP contribution < -0.4 is 9.62 Å². The number of sulfonamides is 1. The van der Waals surface area contributed by atoms with Crippen LogP contribution >= 0.6 is 15.9 Å². The first-order valence-electron chi connectivity index (χ1n) is 6.22. The van der Waals surface area contributed by atoms with Gasteiger partial charge in [0.1, 0.15) is 12.3 Å². The van der Waals surface area contributed by atoms with Gasteiger partial charge in [0.05, 0.1) is 11.9 Å². The van der Waals surface area contributed by atoms with Gasteiger partial charge in [-0.25, -0.2) is 8.42 Å². The molecule has 0 fully saturated rings. The highest BCUT2D eigenvalue weighted by Gasteiger charge is 2.21. The molecule has 1 aromatic heterocycles. The maximum absolute atomic E-state index is 12.0. The van der Waals surface area contributed by atoms with Crippen molar-refractivity contribution in [1.29, 1.82) is 0 Å². The monoisotopic (exact) mass is 387 g/mol. The molecular formula is C13H14BrN3O4S. The Morgan fingerprint density at radius 1 is 1.36 bits per heavy atom. The van der Waals surface area contributed by atoms with Crippen LogP contribution in [-0.4, -0.2) is 32.3 Å². The molecule has 1 heterocycles. The van der Waals surface area contributed by atoms with Gasteiger partial charge in [0.2, 0.25) is 15.9 Å². The van der Waals surface area contributed by atoms with Crippen LogP contribution in [0, 0.1) is 6.92 Å². The molecule has 1 aromatic carbocycles. The number of hydrogen-bond donors (Lipinski definition) is 1. The minimum atomic E-state index is -3.60. The molecule has 22 heavy (non-hydrogen) atoms. The lowest BCUT2D eigenvalue weighted by Crippen LogP contribution is -2.37. The molecule has 0 radical (unpaired) electrons. The molecule has 0 unspecified atom stereocenters. The molecule has 1 amide bonds. The van der Waals surface area contributed by atoms with E-state index >= 15 is 0 Å². The Hall–Kier alpha value is -1.87. The summed E-state index contributed by atoms with van der Waals surface area (Å²) in [5.41, 5.74) is 0.400. The minimum absolute atomic E-state index is 0.242. The van der Waals surface area contributed by atoms with Gasteiger partial charge < -0.3 is 9.84 Å². The van der Waals surface area contributed by atoms with Gasteiger partial charge in [-0.15, -0.1) is 0 Å². The molecule has 0 aliphatic heterocycles. The molecule has 0 saturated heterocycles. The Morgan fingerprint density at radius 3 is 2.50 bits per heavy atom. The molecule has 2 rings (SSSR count). The fourth-order valence-electron chi connectivity index (χ4n) is 1.75. The molecule has 0 spiro atoms. The summed E-state index contributed by atoms with van der Waals surface area (Å²) in [5.74, 6) is 0.275. The van der Waals surface area contributed by atoms with Crippen molar-refractivity contribution in [3.05, 3.63) is 40.6 Å². The van der Waals surface area contributed by atoms with Gasteiger partial charge in [-0.3, -0.25) is 9.10 Å². The van der Waals surface area contributed by atoms with Crippen LogP contribution in [0.2, 0.25) is 0 Å². The third kappa shape index (κ3) is 4.31. The third-order valence-electron chi connectivity index (χ3n) is 2.70. The molecule has 0 aliphatic rings. The lowest BCUT2D eigenvalue weighted by atomic mass is 10.3. The smallest absolute Gasteiger partial charge is 0.246 e. The van der Waals surface area contributed by atoms with Gasteiger partial charge in [-0.05, 0) is 31.2 Å². The topological polar surface area (TPSA) is 92.5 Å². The molecule has 2 aromatic rings. The lowest BCUT2D eigenvalue weighted by molar-refractivity contribution is -0.114. The highest BCUT2D eigenvalue weighted by atomic mass is 79.9. The summed E-state index contributed by atoms with van der Waals surface area (Å²) in [7, 11) is -3.60. The fraction of sp³-hybridized carbons (Fsp3) is 0.231. The number of aryl methyl sites for hydroxylation is 1. The van der Waals surface area contributed by atoms with Crippen molar-refractivity contribution in [2.45, 2.75) is 6.92 Å². The van der Waals surface area contributed by atoms with E-state index in [2.05, 4.69) is 26.4 Å². The van der Waals surface area contributed by atoms with E-state index < -0.39 is 15.9 Å². The van der Waals surface area contributed by atoms with Crippen molar-refractivity contribution >= 4 is 43.4 Å². The standard InChI is InChI=1S/C13H14BrN3O4S/c1-9-7-12(16-21-9)15-13(18)8-17(22(2,19)20)11-5-3-10(14)4-6-11/h3-7H,8H2,1-2H3,(H,15,16,18). The first-order valence-corrected chi connectivity index (χ1v) is 8.86. The van der Waals surface area contributed by atoms with E-state index in [1.165, 1.54) is 0 Å². The highest BCUT2D eigenvalue weighted by Crippen LogP contribution is 2.20. The number of hydrogen-bond acceptors (Lipinski definition) is 5. The summed E-state index contributed by atoms with van der Waals surface area (Å²) in [6, 6.07) is 8.17. The van der Waals surface area contributed by atoms with Crippen LogP contribution in [0.3, 0.4) is 0 Å². The summed E-state index contributed by atoms with van der Waals surface area (Å²) in [6.07, 6.45) is 1.04. The van der Waals surface area contributed by atoms with Crippen LogP contribution in [-0.2, 0) is 14.8 Å². The SMILES string of the molecule is Cc1cc(NC(=O)CN(c2ccc(Br)cc2)S(C)(=O)=O)no1. The molecule has 0 aliphatic carbocycles. The van der Waals surface area contributed by atoms with Crippen LogP contribution in [0.1, 0.15) is 5.76 Å². The number of anilines is 2. The van der Waals surface area contributed by atoms with Gasteiger partial charge in [0, 0.05) is 10.5 Å². The number of carbonyl (C=O) groups excluding carboxylic acids is 1. The van der Waals surface area contributed by atoms with Crippen LogP contribution in [0.4, 0.5) is 11.5 Å². The molecule has 0 bridgehead atoms. The average molecular weight is 388 g/mol. The van der Waals surface area contributed by atoms with E-state index in [1.807, 2.05) is 0 Å². The normalized spacial score (nSPS) is 11.2. The van der Waals surface area contributed by atoms with Crippen molar-refractivity contribution in [2.24, 2.45) is 0 Å². The first-order chi connectivity index (χ1) is 10.3. The largest absolute Gasteiger partial charge is 0.360 e. The zero-order valence-corrected chi connectivity index (χ0v) is 14.3. The highest BCUT2D eigenvalue weighted by molar-refractivity contribution is 9.10. The van der Waals surface area contributed by atoms with Gasteiger partial charge in [0.15, 0.2) is 5.82 Å². The molecule has 1 N–H and O–H groups in total. The maximum atomic E-state index is 12.0. The number of nitrogens with zero attached hydrogens (tertiary/aromatic N) is 2. The second kappa shape index (κ2) is 6.49. The maximum Gasteiger partial charge on any atom is 0.246 e. The van der Waals surface area contributed by atoms with E-state index in [0.29, 0.717) is 11.4 Å². The summed E-state index contributed by atoms with van der Waals surface area (Å²) in [6.45, 7) is 1.33. The molecule has 0 atom stereocenters. The number of amides is 1. The summed E-state index contributed by atoms with van der Waals surface area (Å²) >= 11 is 3.28. The lowest BCUT2D eigenvalue weighted by Gasteiger charge is -2.21. The average Bonchev–Trinajstić information content (AvgIpc) is 2.81. The van der Waals surface area contributed by atoms with E-state index in [0.717, 1.165) is 15.0 Å². The van der Waals surface area contributed by atoms with Gasteiger partial charge >= 0.3 is 0 Å². The number of aromatic nitrogens is 1. The van der Waals surface area contributed by atoms with E-state index in [-0.39, 0.29) is 12.4 Å². The summed E-state index contributed by atoms with van der Waals surface area (Å²) in [5, 5.41) is 6.12. The molecule has 118 valence electrons. The Kier molecular flexibility index (Phi) is 4.87. The van der Waals surface area contributed by atoms with Gasteiger partial charge in [-0.2, -0.15) is 0 Å². The summed E-state index contributed by atoms with van der Waals surface area (Å²) in [4.78, 5) is 12.0. The zero-order valence-electron chi connectivity index (χ0n) is 11.9. The van der Waals surface area contributed by atoms with E-state index in [1.54, 1.807) is 37.3 Å². The van der Waals surface area contributed by atoms with Crippen LogP contribution in [0.25, 0.3) is 0 Å². The van der Waals surface area contributed by atoms with E-state index in [4.69, 9.17) is 4.52 Å². The number of rotatable bonds is 5. The molecule has 7 nitrogen and oxygen atoms in total. The number of benzene rings is 1. The van der Waals surface area contributed by atoms with Crippen LogP contribution in [0.15, 0.2) is 39.3 Å². The van der Waals surface area contributed by atoms with Crippen molar-refractivity contribution in [3.8, 4) is 0 Å². The Bertz CT molecular complexity index is 771. The predicted molar refractivity (Wildman–Crippen MR) is 86.2 cm³/mol.